The molecule has 3 N–H and O–H groups in total. The first-order valence-corrected chi connectivity index (χ1v) is 8.01. The van der Waals surface area contributed by atoms with Gasteiger partial charge in [-0.15, -0.1) is 0 Å². The molecule has 0 fully saturated rings. The molecule has 1 aromatic carbocycles. The molecule has 2 amide bonds. The predicted molar refractivity (Wildman–Crippen MR) is 94.1 cm³/mol. The summed E-state index contributed by atoms with van der Waals surface area (Å²) in [6.07, 6.45) is 0.691. The average Bonchev–Trinajstić information content (AvgIpc) is 2.52. The van der Waals surface area contributed by atoms with Gasteiger partial charge in [-0.2, -0.15) is 0 Å². The third kappa shape index (κ3) is 4.44. The van der Waals surface area contributed by atoms with E-state index in [0.29, 0.717) is 25.1 Å². The maximum absolute atomic E-state index is 12.2. The molecule has 2 aromatic rings. The molecule has 0 bridgehead atoms. The highest BCUT2D eigenvalue weighted by molar-refractivity contribution is 5.83. The number of amides is 2. The predicted octanol–water partition coefficient (Wildman–Crippen LogP) is 1.33. The minimum absolute atomic E-state index is 0.122. The van der Waals surface area contributed by atoms with Crippen LogP contribution in [0, 0.1) is 13.8 Å². The first kappa shape index (κ1) is 17.7. The summed E-state index contributed by atoms with van der Waals surface area (Å²) in [5, 5.41) is 6.32. The van der Waals surface area contributed by atoms with Crippen molar-refractivity contribution in [2.45, 2.75) is 33.6 Å². The van der Waals surface area contributed by atoms with Gasteiger partial charge in [0.1, 0.15) is 0 Å². The van der Waals surface area contributed by atoms with E-state index in [9.17, 15) is 14.4 Å². The molecule has 0 spiro atoms. The van der Waals surface area contributed by atoms with Crippen molar-refractivity contribution < 1.29 is 9.59 Å². The fourth-order valence-corrected chi connectivity index (χ4v) is 2.53. The van der Waals surface area contributed by atoms with Crippen LogP contribution in [0.5, 0.6) is 0 Å². The molecular formula is C18H23N3O3. The molecule has 0 unspecified atom stereocenters. The quantitative estimate of drug-likeness (QED) is 0.747. The summed E-state index contributed by atoms with van der Waals surface area (Å²) in [6.45, 7) is 6.11. The summed E-state index contributed by atoms with van der Waals surface area (Å²) in [5.74, 6) is -0.302. The lowest BCUT2D eigenvalue weighted by Crippen LogP contribution is -2.31. The van der Waals surface area contributed by atoms with Crippen molar-refractivity contribution >= 4 is 22.7 Å². The molecule has 128 valence electrons. The van der Waals surface area contributed by atoms with Gasteiger partial charge in [0.15, 0.2) is 0 Å². The van der Waals surface area contributed by atoms with Crippen molar-refractivity contribution in [3.05, 3.63) is 45.2 Å². The fourth-order valence-electron chi connectivity index (χ4n) is 2.53. The average molecular weight is 329 g/mol. The van der Waals surface area contributed by atoms with Crippen molar-refractivity contribution in [2.75, 3.05) is 13.1 Å². The summed E-state index contributed by atoms with van der Waals surface area (Å²) in [7, 11) is 0. The van der Waals surface area contributed by atoms with E-state index in [4.69, 9.17) is 0 Å². The number of H-pyrrole nitrogens is 1. The van der Waals surface area contributed by atoms with E-state index in [2.05, 4.69) is 15.6 Å². The van der Waals surface area contributed by atoms with E-state index in [1.807, 2.05) is 32.0 Å². The van der Waals surface area contributed by atoms with E-state index in [1.54, 1.807) is 0 Å². The second-order valence-corrected chi connectivity index (χ2v) is 5.93. The minimum atomic E-state index is -0.156. The van der Waals surface area contributed by atoms with Gasteiger partial charge in [-0.05, 0) is 42.8 Å². The number of fused-ring (bicyclic) bond motifs is 1. The van der Waals surface area contributed by atoms with Crippen LogP contribution in [-0.4, -0.2) is 29.9 Å². The van der Waals surface area contributed by atoms with E-state index in [0.717, 1.165) is 22.0 Å². The van der Waals surface area contributed by atoms with Crippen LogP contribution < -0.4 is 16.2 Å². The van der Waals surface area contributed by atoms with E-state index in [1.165, 1.54) is 6.92 Å². The first-order chi connectivity index (χ1) is 11.4. The van der Waals surface area contributed by atoms with Gasteiger partial charge >= 0.3 is 0 Å². The highest BCUT2D eigenvalue weighted by Crippen LogP contribution is 2.18. The van der Waals surface area contributed by atoms with Gasteiger partial charge in [-0.3, -0.25) is 14.4 Å². The summed E-state index contributed by atoms with van der Waals surface area (Å²) in [6, 6.07) is 5.90. The second-order valence-electron chi connectivity index (χ2n) is 5.93. The topological polar surface area (TPSA) is 91.1 Å². The van der Waals surface area contributed by atoms with Crippen LogP contribution >= 0.6 is 0 Å². The van der Waals surface area contributed by atoms with Crippen LogP contribution in [0.4, 0.5) is 0 Å². The molecule has 0 atom stereocenters. The Labute approximate surface area is 140 Å². The zero-order chi connectivity index (χ0) is 17.7. The number of rotatable bonds is 6. The molecular weight excluding hydrogens is 306 g/mol. The van der Waals surface area contributed by atoms with E-state index < -0.39 is 0 Å². The second kappa shape index (κ2) is 7.77. The zero-order valence-electron chi connectivity index (χ0n) is 14.3. The molecule has 6 nitrogen and oxygen atoms in total. The highest BCUT2D eigenvalue weighted by Gasteiger charge is 2.07. The van der Waals surface area contributed by atoms with Crippen LogP contribution in [0.1, 0.15) is 30.0 Å². The van der Waals surface area contributed by atoms with Gasteiger partial charge in [0.2, 0.25) is 11.8 Å². The highest BCUT2D eigenvalue weighted by atomic mass is 16.2. The van der Waals surface area contributed by atoms with E-state index >= 15 is 0 Å². The van der Waals surface area contributed by atoms with Crippen LogP contribution in [0.15, 0.2) is 23.0 Å². The van der Waals surface area contributed by atoms with Gasteiger partial charge in [-0.25, -0.2) is 0 Å². The largest absolute Gasteiger partial charge is 0.356 e. The smallest absolute Gasteiger partial charge is 0.251 e. The zero-order valence-corrected chi connectivity index (χ0v) is 14.3. The van der Waals surface area contributed by atoms with Gasteiger partial charge in [0, 0.05) is 32.0 Å². The van der Waals surface area contributed by atoms with Gasteiger partial charge in [-0.1, -0.05) is 12.1 Å². The number of carbonyl (C=O) groups is 2. The Morgan fingerprint density at radius 2 is 1.88 bits per heavy atom. The number of aryl methyl sites for hydroxylation is 2. The molecule has 0 aliphatic rings. The molecule has 0 aliphatic carbocycles. The molecule has 0 radical (unpaired) electrons. The van der Waals surface area contributed by atoms with Gasteiger partial charge in [0.25, 0.3) is 5.56 Å². The molecule has 1 aromatic heterocycles. The van der Waals surface area contributed by atoms with Crippen molar-refractivity contribution in [2.24, 2.45) is 0 Å². The van der Waals surface area contributed by atoms with Crippen LogP contribution in [0.3, 0.4) is 0 Å². The SMILES string of the molecule is CC(=O)NCCC(=O)NCCc1cc2ccc(C)c(C)c2[nH]c1=O. The Morgan fingerprint density at radius 3 is 2.58 bits per heavy atom. The lowest BCUT2D eigenvalue weighted by Gasteiger charge is -2.09. The normalized spacial score (nSPS) is 10.6. The van der Waals surface area contributed by atoms with Crippen LogP contribution in [0.25, 0.3) is 10.9 Å². The van der Waals surface area contributed by atoms with Crippen molar-refractivity contribution in [1.82, 2.24) is 15.6 Å². The number of aromatic nitrogens is 1. The lowest BCUT2D eigenvalue weighted by atomic mass is 10.0. The molecule has 0 saturated carbocycles. The number of hydrogen-bond donors (Lipinski definition) is 3. The number of hydrogen-bond acceptors (Lipinski definition) is 3. The monoisotopic (exact) mass is 329 g/mol. The van der Waals surface area contributed by atoms with Crippen LogP contribution in [0.2, 0.25) is 0 Å². The number of aromatic amines is 1. The minimum Gasteiger partial charge on any atom is -0.356 e. The third-order valence-electron chi connectivity index (χ3n) is 4.07. The summed E-state index contributed by atoms with van der Waals surface area (Å²) >= 11 is 0. The van der Waals surface area contributed by atoms with Crippen molar-refractivity contribution in [3.8, 4) is 0 Å². The Kier molecular flexibility index (Phi) is 5.73. The molecule has 6 heteroatoms. The number of carbonyl (C=O) groups excluding carboxylic acids is 2. The molecule has 0 aliphatic heterocycles. The third-order valence-corrected chi connectivity index (χ3v) is 4.07. The van der Waals surface area contributed by atoms with E-state index in [-0.39, 0.29) is 23.8 Å². The summed E-state index contributed by atoms with van der Waals surface area (Å²) in [5.41, 5.74) is 3.60. The maximum atomic E-state index is 12.2. The Hall–Kier alpha value is -2.63. The van der Waals surface area contributed by atoms with Crippen molar-refractivity contribution in [3.63, 3.8) is 0 Å². The number of pyridine rings is 1. The Morgan fingerprint density at radius 1 is 1.12 bits per heavy atom. The number of benzene rings is 1. The Bertz CT molecular complexity index is 824. The van der Waals surface area contributed by atoms with Gasteiger partial charge in [0.05, 0.1) is 5.52 Å². The number of nitrogens with one attached hydrogen (secondary N) is 3. The van der Waals surface area contributed by atoms with Gasteiger partial charge < -0.3 is 15.6 Å². The molecule has 0 saturated heterocycles. The van der Waals surface area contributed by atoms with Crippen LogP contribution in [-0.2, 0) is 16.0 Å². The first-order valence-electron chi connectivity index (χ1n) is 8.01. The Balaban J connectivity index is 1.97. The molecule has 24 heavy (non-hydrogen) atoms. The van der Waals surface area contributed by atoms with Crippen molar-refractivity contribution in [1.29, 1.82) is 0 Å². The molecule has 1 heterocycles. The maximum Gasteiger partial charge on any atom is 0.251 e. The standard InChI is InChI=1S/C18H23N3O3/c1-11-4-5-14-10-15(18(24)21-17(14)12(11)2)6-8-20-16(23)7-9-19-13(3)22/h4-5,10H,6-9H2,1-3H3,(H,19,22)(H,20,23)(H,21,24). The molecule has 2 rings (SSSR count). The fraction of sp³-hybridized carbons (Fsp3) is 0.389. The summed E-state index contributed by atoms with van der Waals surface area (Å²) in [4.78, 5) is 37.5. The lowest BCUT2D eigenvalue weighted by molar-refractivity contribution is -0.121. The summed E-state index contributed by atoms with van der Waals surface area (Å²) < 4.78 is 0.